The van der Waals surface area contributed by atoms with Gasteiger partial charge >= 0.3 is 0 Å². The van der Waals surface area contributed by atoms with Crippen LogP contribution in [0.2, 0.25) is 0 Å². The van der Waals surface area contributed by atoms with Crippen molar-refractivity contribution in [2.75, 3.05) is 25.0 Å². The van der Waals surface area contributed by atoms with E-state index in [9.17, 15) is 12.8 Å². The molecule has 29 heavy (non-hydrogen) atoms. The summed E-state index contributed by atoms with van der Waals surface area (Å²) in [5, 5.41) is 0. The van der Waals surface area contributed by atoms with Crippen LogP contribution < -0.4 is 9.62 Å². The number of rotatable bonds is 5. The van der Waals surface area contributed by atoms with Crippen LogP contribution in [0.3, 0.4) is 0 Å². The molecule has 0 aliphatic carbocycles. The van der Waals surface area contributed by atoms with E-state index in [1.165, 1.54) is 13.1 Å². The Morgan fingerprint density at radius 3 is 2.55 bits per heavy atom. The molecule has 4 rings (SSSR count). The molecular formula is C21H25FN4O2S. The smallest absolute Gasteiger partial charge is 0.240 e. The third-order valence-electron chi connectivity index (χ3n) is 5.65. The lowest BCUT2D eigenvalue weighted by atomic mass is 10.0. The van der Waals surface area contributed by atoms with Crippen molar-refractivity contribution in [1.82, 2.24) is 14.3 Å². The monoisotopic (exact) mass is 416 g/mol. The molecule has 1 N–H and O–H groups in total. The molecule has 1 aromatic heterocycles. The number of fused-ring (bicyclic) bond motifs is 1. The van der Waals surface area contributed by atoms with Crippen molar-refractivity contribution < 1.29 is 12.8 Å². The minimum absolute atomic E-state index is 0.0615. The number of halogens is 1. The molecule has 1 aliphatic rings. The molecule has 6 nitrogen and oxygen atoms in total. The largest absolute Gasteiger partial charge is 0.369 e. The topological polar surface area (TPSA) is 67.2 Å². The highest BCUT2D eigenvalue weighted by Gasteiger charge is 2.26. The Hall–Kier alpha value is -2.45. The summed E-state index contributed by atoms with van der Waals surface area (Å²) in [5.41, 5.74) is 2.61. The fourth-order valence-corrected chi connectivity index (χ4v) is 4.89. The highest BCUT2D eigenvalue weighted by atomic mass is 32.2. The van der Waals surface area contributed by atoms with Gasteiger partial charge in [-0.1, -0.05) is 19.1 Å². The number of aromatic nitrogens is 2. The van der Waals surface area contributed by atoms with Crippen LogP contribution in [-0.4, -0.2) is 38.1 Å². The van der Waals surface area contributed by atoms with Crippen LogP contribution in [0, 0.1) is 5.82 Å². The van der Waals surface area contributed by atoms with Gasteiger partial charge in [-0.2, -0.15) is 0 Å². The summed E-state index contributed by atoms with van der Waals surface area (Å²) in [6.45, 7) is 3.52. The SMILES string of the molecule is CCc1nc2ccccc2n1C1CCN(c2ccc(S(=O)(=O)NC)cc2F)CC1. The van der Waals surface area contributed by atoms with Gasteiger partial charge in [-0.25, -0.2) is 22.5 Å². The highest BCUT2D eigenvalue weighted by molar-refractivity contribution is 7.89. The van der Waals surface area contributed by atoms with Crippen molar-refractivity contribution in [2.45, 2.75) is 37.1 Å². The van der Waals surface area contributed by atoms with Crippen molar-refractivity contribution in [3.63, 3.8) is 0 Å². The normalized spacial score (nSPS) is 15.9. The quantitative estimate of drug-likeness (QED) is 0.691. The molecule has 0 radical (unpaired) electrons. The predicted molar refractivity (Wildman–Crippen MR) is 112 cm³/mol. The first-order chi connectivity index (χ1) is 13.9. The molecule has 154 valence electrons. The number of imidazole rings is 1. The highest BCUT2D eigenvalue weighted by Crippen LogP contribution is 2.32. The summed E-state index contributed by atoms with van der Waals surface area (Å²) in [6.07, 6.45) is 2.62. The minimum Gasteiger partial charge on any atom is -0.369 e. The van der Waals surface area contributed by atoms with Gasteiger partial charge in [0.2, 0.25) is 10.0 Å². The number of hydrogen-bond donors (Lipinski definition) is 1. The zero-order valence-electron chi connectivity index (χ0n) is 16.6. The summed E-state index contributed by atoms with van der Waals surface area (Å²) < 4.78 is 43.0. The van der Waals surface area contributed by atoms with Gasteiger partial charge in [0.1, 0.15) is 11.6 Å². The summed E-state index contributed by atoms with van der Waals surface area (Å²) >= 11 is 0. The Bertz CT molecular complexity index is 1130. The molecule has 2 aromatic carbocycles. The lowest BCUT2D eigenvalue weighted by molar-refractivity contribution is 0.393. The van der Waals surface area contributed by atoms with Gasteiger partial charge in [-0.05, 0) is 50.2 Å². The molecule has 0 spiro atoms. The molecule has 1 fully saturated rings. The number of aryl methyl sites for hydroxylation is 1. The summed E-state index contributed by atoms with van der Waals surface area (Å²) in [5.74, 6) is 0.569. The Labute approximate surface area is 170 Å². The minimum atomic E-state index is -3.65. The Kier molecular flexibility index (Phi) is 5.31. The third-order valence-corrected chi connectivity index (χ3v) is 7.07. The number of nitrogens with zero attached hydrogens (tertiary/aromatic N) is 3. The second kappa shape index (κ2) is 7.76. The van der Waals surface area contributed by atoms with Gasteiger partial charge in [0.25, 0.3) is 0 Å². The molecule has 1 saturated heterocycles. The Balaban J connectivity index is 1.55. The number of hydrogen-bond acceptors (Lipinski definition) is 4. The molecule has 0 unspecified atom stereocenters. The van der Waals surface area contributed by atoms with Crippen molar-refractivity contribution >= 4 is 26.7 Å². The summed E-state index contributed by atoms with van der Waals surface area (Å²) in [6, 6.07) is 12.6. The van der Waals surface area contributed by atoms with Gasteiger partial charge < -0.3 is 9.47 Å². The van der Waals surface area contributed by atoms with Crippen LogP contribution in [0.5, 0.6) is 0 Å². The molecular weight excluding hydrogens is 391 g/mol. The van der Waals surface area contributed by atoms with E-state index in [2.05, 4.69) is 22.3 Å². The molecule has 1 aliphatic heterocycles. The molecule has 0 amide bonds. The lowest BCUT2D eigenvalue weighted by Crippen LogP contribution is -2.35. The maximum absolute atomic E-state index is 14.6. The summed E-state index contributed by atoms with van der Waals surface area (Å²) in [7, 11) is -2.34. The van der Waals surface area contributed by atoms with Crippen molar-refractivity contribution in [3.8, 4) is 0 Å². The first-order valence-electron chi connectivity index (χ1n) is 9.88. The maximum Gasteiger partial charge on any atom is 0.240 e. The van der Waals surface area contributed by atoms with Crippen LogP contribution >= 0.6 is 0 Å². The van der Waals surface area contributed by atoms with Crippen LogP contribution in [0.25, 0.3) is 11.0 Å². The average molecular weight is 417 g/mol. The number of nitrogens with one attached hydrogen (secondary N) is 1. The summed E-state index contributed by atoms with van der Waals surface area (Å²) in [4.78, 5) is 6.70. The van der Waals surface area contributed by atoms with Crippen LogP contribution in [0.15, 0.2) is 47.4 Å². The van der Waals surface area contributed by atoms with Crippen molar-refractivity contribution in [1.29, 1.82) is 0 Å². The van der Waals surface area contributed by atoms with Gasteiger partial charge in [0.15, 0.2) is 0 Å². The average Bonchev–Trinajstić information content (AvgIpc) is 3.12. The lowest BCUT2D eigenvalue weighted by Gasteiger charge is -2.35. The van der Waals surface area contributed by atoms with Crippen LogP contribution in [-0.2, 0) is 16.4 Å². The van der Waals surface area contributed by atoms with E-state index < -0.39 is 15.8 Å². The predicted octanol–water partition coefficient (Wildman–Crippen LogP) is 3.49. The fourth-order valence-electron chi connectivity index (χ4n) is 4.15. The molecule has 2 heterocycles. The Morgan fingerprint density at radius 2 is 1.90 bits per heavy atom. The van der Waals surface area contributed by atoms with E-state index in [4.69, 9.17) is 4.98 Å². The Morgan fingerprint density at radius 1 is 1.17 bits per heavy atom. The molecule has 0 saturated carbocycles. The second-order valence-electron chi connectivity index (χ2n) is 7.28. The van der Waals surface area contributed by atoms with E-state index in [0.29, 0.717) is 24.8 Å². The first kappa shape index (κ1) is 19.8. The zero-order chi connectivity index (χ0) is 20.6. The van der Waals surface area contributed by atoms with Gasteiger partial charge in [-0.15, -0.1) is 0 Å². The van der Waals surface area contributed by atoms with Gasteiger partial charge in [0.05, 0.1) is 21.6 Å². The van der Waals surface area contributed by atoms with Crippen LogP contribution in [0.1, 0.15) is 31.6 Å². The van der Waals surface area contributed by atoms with Gasteiger partial charge in [-0.3, -0.25) is 0 Å². The second-order valence-corrected chi connectivity index (χ2v) is 9.17. The third kappa shape index (κ3) is 3.62. The molecule has 3 aromatic rings. The van der Waals surface area contributed by atoms with E-state index in [0.717, 1.165) is 42.2 Å². The first-order valence-corrected chi connectivity index (χ1v) is 11.4. The van der Waals surface area contributed by atoms with E-state index in [1.807, 2.05) is 23.1 Å². The number of anilines is 1. The number of para-hydroxylation sites is 2. The number of benzene rings is 2. The van der Waals surface area contributed by atoms with E-state index in [-0.39, 0.29) is 4.90 Å². The zero-order valence-corrected chi connectivity index (χ0v) is 17.4. The van der Waals surface area contributed by atoms with Crippen LogP contribution in [0.4, 0.5) is 10.1 Å². The van der Waals surface area contributed by atoms with E-state index in [1.54, 1.807) is 6.07 Å². The fraction of sp³-hybridized carbons (Fsp3) is 0.381. The molecule has 8 heteroatoms. The van der Waals surface area contributed by atoms with Crippen molar-refractivity contribution in [2.24, 2.45) is 0 Å². The number of sulfonamides is 1. The van der Waals surface area contributed by atoms with Gasteiger partial charge in [0, 0.05) is 25.6 Å². The maximum atomic E-state index is 14.6. The molecule has 0 bridgehead atoms. The standard InChI is InChI=1S/C21H25FN4O2S/c1-3-21-24-18-6-4-5-7-20(18)26(21)15-10-12-25(13-11-15)19-9-8-16(14-17(19)22)29(27,28)23-2/h4-9,14-15,23H,3,10-13H2,1-2H3. The number of piperidine rings is 1. The van der Waals surface area contributed by atoms with Crippen molar-refractivity contribution in [3.05, 3.63) is 54.1 Å². The molecule has 0 atom stereocenters. The van der Waals surface area contributed by atoms with E-state index >= 15 is 0 Å².